The number of carboxylic acids is 1. The molecule has 1 aromatic rings. The van der Waals surface area contributed by atoms with Gasteiger partial charge in [-0.15, -0.1) is 0 Å². The Morgan fingerprint density at radius 3 is 2.84 bits per heavy atom. The maximum absolute atomic E-state index is 10.8. The largest absolute Gasteiger partial charge is 0.494 e. The van der Waals surface area contributed by atoms with Crippen LogP contribution in [-0.4, -0.2) is 36.2 Å². The maximum Gasteiger partial charge on any atom is 0.307 e. The second-order valence-electron chi connectivity index (χ2n) is 4.93. The highest BCUT2D eigenvalue weighted by atomic mass is 16.5. The van der Waals surface area contributed by atoms with Gasteiger partial charge in [-0.3, -0.25) is 4.79 Å². The van der Waals surface area contributed by atoms with Crippen LogP contribution < -0.4 is 4.74 Å². The minimum Gasteiger partial charge on any atom is -0.494 e. The average molecular weight is 265 g/mol. The van der Waals surface area contributed by atoms with E-state index in [1.54, 1.807) is 6.92 Å². The Labute approximate surface area is 115 Å². The first-order chi connectivity index (χ1) is 9.02. The van der Waals surface area contributed by atoms with Gasteiger partial charge in [-0.25, -0.2) is 0 Å². The van der Waals surface area contributed by atoms with Crippen molar-refractivity contribution in [2.24, 2.45) is 5.92 Å². The fourth-order valence-corrected chi connectivity index (χ4v) is 1.88. The zero-order valence-corrected chi connectivity index (χ0v) is 11.9. The summed E-state index contributed by atoms with van der Waals surface area (Å²) in [5, 5.41) is 8.89. The van der Waals surface area contributed by atoms with Crippen molar-refractivity contribution in [2.75, 3.05) is 20.2 Å². The lowest BCUT2D eigenvalue weighted by atomic mass is 10.1. The molecule has 1 rings (SSSR count). The van der Waals surface area contributed by atoms with E-state index in [-0.39, 0.29) is 5.92 Å². The highest BCUT2D eigenvalue weighted by molar-refractivity contribution is 5.69. The second kappa shape index (κ2) is 7.79. The zero-order valence-electron chi connectivity index (χ0n) is 11.9. The molecule has 4 heteroatoms. The van der Waals surface area contributed by atoms with Gasteiger partial charge in [0.15, 0.2) is 0 Å². The predicted molar refractivity (Wildman–Crippen MR) is 75.4 cm³/mol. The molecule has 0 saturated heterocycles. The summed E-state index contributed by atoms with van der Waals surface area (Å²) in [6.45, 7) is 5.77. The summed E-state index contributed by atoms with van der Waals surface area (Å²) in [5.74, 6) is -0.240. The van der Waals surface area contributed by atoms with Crippen LogP contribution in [0, 0.1) is 5.92 Å². The molecule has 0 fully saturated rings. The average Bonchev–Trinajstić information content (AvgIpc) is 2.36. The molecule has 0 bridgehead atoms. The van der Waals surface area contributed by atoms with Crippen molar-refractivity contribution in [1.82, 2.24) is 4.90 Å². The van der Waals surface area contributed by atoms with Gasteiger partial charge in [0.1, 0.15) is 5.75 Å². The summed E-state index contributed by atoms with van der Waals surface area (Å²) in [7, 11) is 1.93. The molecule has 0 aliphatic rings. The van der Waals surface area contributed by atoms with Crippen molar-refractivity contribution in [2.45, 2.75) is 26.8 Å². The highest BCUT2D eigenvalue weighted by Gasteiger charge is 2.13. The molecule has 0 amide bonds. The summed E-state index contributed by atoms with van der Waals surface area (Å²) >= 11 is 0. The molecule has 1 aromatic carbocycles. The minimum absolute atomic E-state index is 0.357. The quantitative estimate of drug-likeness (QED) is 0.785. The monoisotopic (exact) mass is 265 g/mol. The summed E-state index contributed by atoms with van der Waals surface area (Å²) < 4.78 is 5.58. The van der Waals surface area contributed by atoms with E-state index in [9.17, 15) is 4.79 Å². The zero-order chi connectivity index (χ0) is 14.3. The van der Waals surface area contributed by atoms with Crippen molar-refractivity contribution in [3.8, 4) is 5.75 Å². The van der Waals surface area contributed by atoms with Gasteiger partial charge in [-0.05, 0) is 31.2 Å². The number of ether oxygens (including phenoxy) is 1. The van der Waals surface area contributed by atoms with Gasteiger partial charge in [0.05, 0.1) is 12.5 Å². The van der Waals surface area contributed by atoms with Crippen LogP contribution in [0.15, 0.2) is 24.3 Å². The van der Waals surface area contributed by atoms with Crippen LogP contribution in [0.5, 0.6) is 5.75 Å². The van der Waals surface area contributed by atoms with E-state index < -0.39 is 5.97 Å². The number of carboxylic acid groups (broad SMARTS) is 1. The molecule has 1 N–H and O–H groups in total. The smallest absolute Gasteiger partial charge is 0.307 e. The van der Waals surface area contributed by atoms with Crippen LogP contribution in [0.1, 0.15) is 25.8 Å². The van der Waals surface area contributed by atoms with Crippen LogP contribution in [0.2, 0.25) is 0 Å². The Balaban J connectivity index is 2.53. The van der Waals surface area contributed by atoms with E-state index in [1.165, 1.54) is 0 Å². The van der Waals surface area contributed by atoms with Crippen LogP contribution >= 0.6 is 0 Å². The molecule has 19 heavy (non-hydrogen) atoms. The number of benzene rings is 1. The van der Waals surface area contributed by atoms with Crippen LogP contribution in [0.25, 0.3) is 0 Å². The van der Waals surface area contributed by atoms with Crippen LogP contribution in [-0.2, 0) is 11.3 Å². The van der Waals surface area contributed by atoms with Crippen LogP contribution in [0.4, 0.5) is 0 Å². The summed E-state index contributed by atoms with van der Waals surface area (Å²) in [4.78, 5) is 12.8. The topological polar surface area (TPSA) is 49.8 Å². The van der Waals surface area contributed by atoms with Crippen molar-refractivity contribution < 1.29 is 14.6 Å². The number of nitrogens with zero attached hydrogens (tertiary/aromatic N) is 1. The number of hydrogen-bond acceptors (Lipinski definition) is 3. The Bertz CT molecular complexity index is 406. The van der Waals surface area contributed by atoms with Crippen LogP contribution in [0.3, 0.4) is 0 Å². The fraction of sp³-hybridized carbons (Fsp3) is 0.533. The van der Waals surface area contributed by atoms with E-state index >= 15 is 0 Å². The van der Waals surface area contributed by atoms with Gasteiger partial charge in [0, 0.05) is 13.1 Å². The third kappa shape index (κ3) is 5.75. The van der Waals surface area contributed by atoms with Crippen molar-refractivity contribution in [1.29, 1.82) is 0 Å². The van der Waals surface area contributed by atoms with E-state index in [0.29, 0.717) is 6.54 Å². The molecule has 4 nitrogen and oxygen atoms in total. The molecule has 1 atom stereocenters. The molecule has 0 spiro atoms. The van der Waals surface area contributed by atoms with Gasteiger partial charge in [-0.2, -0.15) is 0 Å². The SMILES string of the molecule is CCCOc1cccc(CN(C)CC(C)C(=O)O)c1. The second-order valence-corrected chi connectivity index (χ2v) is 4.93. The third-order valence-corrected chi connectivity index (χ3v) is 2.83. The summed E-state index contributed by atoms with van der Waals surface area (Å²) in [5.41, 5.74) is 1.13. The Morgan fingerprint density at radius 2 is 2.21 bits per heavy atom. The molecule has 0 radical (unpaired) electrons. The summed E-state index contributed by atoms with van der Waals surface area (Å²) in [6.07, 6.45) is 0.986. The van der Waals surface area contributed by atoms with E-state index in [0.717, 1.165) is 30.9 Å². The highest BCUT2D eigenvalue weighted by Crippen LogP contribution is 2.15. The van der Waals surface area contributed by atoms with Gasteiger partial charge in [-0.1, -0.05) is 26.0 Å². The van der Waals surface area contributed by atoms with Crippen molar-refractivity contribution >= 4 is 5.97 Å². The first-order valence-corrected chi connectivity index (χ1v) is 6.66. The minimum atomic E-state index is -0.758. The number of carbonyl (C=O) groups is 1. The van der Waals surface area contributed by atoms with Gasteiger partial charge >= 0.3 is 5.97 Å². The first kappa shape index (κ1) is 15.5. The first-order valence-electron chi connectivity index (χ1n) is 6.66. The Morgan fingerprint density at radius 1 is 1.47 bits per heavy atom. The van der Waals surface area contributed by atoms with Gasteiger partial charge < -0.3 is 14.7 Å². The number of hydrogen-bond donors (Lipinski definition) is 1. The lowest BCUT2D eigenvalue weighted by Crippen LogP contribution is -2.28. The molecular weight excluding hydrogens is 242 g/mol. The van der Waals surface area contributed by atoms with E-state index in [4.69, 9.17) is 9.84 Å². The molecule has 0 saturated carbocycles. The van der Waals surface area contributed by atoms with E-state index in [2.05, 4.69) is 6.92 Å². The molecular formula is C15H23NO3. The summed E-state index contributed by atoms with van der Waals surface area (Å²) in [6, 6.07) is 7.95. The van der Waals surface area contributed by atoms with E-state index in [1.807, 2.05) is 36.2 Å². The predicted octanol–water partition coefficient (Wildman–Crippen LogP) is 2.63. The number of rotatable bonds is 8. The molecule has 106 valence electrons. The Hall–Kier alpha value is -1.55. The van der Waals surface area contributed by atoms with Crippen molar-refractivity contribution in [3.05, 3.63) is 29.8 Å². The van der Waals surface area contributed by atoms with Gasteiger partial charge in [0.25, 0.3) is 0 Å². The molecule has 0 aliphatic heterocycles. The molecule has 0 heterocycles. The fourth-order valence-electron chi connectivity index (χ4n) is 1.88. The lowest BCUT2D eigenvalue weighted by Gasteiger charge is -2.19. The molecule has 0 aromatic heterocycles. The lowest BCUT2D eigenvalue weighted by molar-refractivity contribution is -0.141. The Kier molecular flexibility index (Phi) is 6.36. The van der Waals surface area contributed by atoms with Gasteiger partial charge in [0.2, 0.25) is 0 Å². The number of aliphatic carboxylic acids is 1. The third-order valence-electron chi connectivity index (χ3n) is 2.83. The maximum atomic E-state index is 10.8. The van der Waals surface area contributed by atoms with Crippen molar-refractivity contribution in [3.63, 3.8) is 0 Å². The molecule has 1 unspecified atom stereocenters. The normalized spacial score (nSPS) is 12.4. The molecule has 0 aliphatic carbocycles. The standard InChI is InChI=1S/C15H23NO3/c1-4-8-19-14-7-5-6-13(9-14)11-16(3)10-12(2)15(17)18/h5-7,9,12H,4,8,10-11H2,1-3H3,(H,17,18).